The molecule has 110 valence electrons. The predicted molar refractivity (Wildman–Crippen MR) is 83.6 cm³/mol. The van der Waals surface area contributed by atoms with E-state index < -0.39 is 5.54 Å². The van der Waals surface area contributed by atoms with Gasteiger partial charge in [0.2, 0.25) is 0 Å². The lowest BCUT2D eigenvalue weighted by Gasteiger charge is -2.22. The van der Waals surface area contributed by atoms with E-state index in [9.17, 15) is 5.26 Å². The lowest BCUT2D eigenvalue weighted by Crippen LogP contribution is -2.36. The van der Waals surface area contributed by atoms with Gasteiger partial charge >= 0.3 is 0 Å². The van der Waals surface area contributed by atoms with Crippen LogP contribution in [0.3, 0.4) is 0 Å². The van der Waals surface area contributed by atoms with E-state index in [2.05, 4.69) is 25.0 Å². The van der Waals surface area contributed by atoms with Crippen molar-refractivity contribution in [2.45, 2.75) is 45.7 Å². The van der Waals surface area contributed by atoms with Crippen LogP contribution in [0.15, 0.2) is 30.3 Å². The first kappa shape index (κ1) is 15.3. The second kappa shape index (κ2) is 6.11. The van der Waals surface area contributed by atoms with E-state index in [1.54, 1.807) is 0 Å². The summed E-state index contributed by atoms with van der Waals surface area (Å²) in [5.41, 5.74) is 9.69. The van der Waals surface area contributed by atoms with Crippen molar-refractivity contribution in [1.29, 1.82) is 5.26 Å². The van der Waals surface area contributed by atoms with Crippen molar-refractivity contribution in [2.24, 2.45) is 5.73 Å². The third-order valence-corrected chi connectivity index (χ3v) is 4.09. The molecule has 0 saturated carbocycles. The molecule has 0 saturated heterocycles. The monoisotopic (exact) mass is 282 g/mol. The summed E-state index contributed by atoms with van der Waals surface area (Å²) in [4.78, 5) is 0. The summed E-state index contributed by atoms with van der Waals surface area (Å²) in [7, 11) is 0. The number of aryl methyl sites for hydroxylation is 2. The average Bonchev–Trinajstić information content (AvgIpc) is 2.79. The third-order valence-electron chi connectivity index (χ3n) is 4.09. The summed E-state index contributed by atoms with van der Waals surface area (Å²) in [6.07, 6.45) is 1.51. The number of rotatable bonds is 5. The Balaban J connectivity index is 2.20. The zero-order valence-electron chi connectivity index (χ0n) is 12.9. The number of nitriles is 1. The first-order valence-corrected chi connectivity index (χ1v) is 7.30. The first-order chi connectivity index (χ1) is 10.0. The van der Waals surface area contributed by atoms with Crippen LogP contribution in [-0.4, -0.2) is 9.78 Å². The molecule has 4 heteroatoms. The lowest BCUT2D eigenvalue weighted by molar-refractivity contribution is 0.445. The van der Waals surface area contributed by atoms with E-state index in [4.69, 9.17) is 5.73 Å². The Bertz CT molecular complexity index is 651. The van der Waals surface area contributed by atoms with Gasteiger partial charge in [-0.1, -0.05) is 37.3 Å². The zero-order valence-corrected chi connectivity index (χ0v) is 12.9. The van der Waals surface area contributed by atoms with Crippen molar-refractivity contribution in [3.8, 4) is 6.07 Å². The standard InChI is InChI=1S/C17H22N4/c1-4-16-13(2)20-21(14(16)3)11-10-17(19,12-18)15-8-6-5-7-9-15/h5-9H,4,10-11,19H2,1-3H3. The normalized spacial score (nSPS) is 13.7. The third kappa shape index (κ3) is 2.98. The largest absolute Gasteiger partial charge is 0.310 e. The highest BCUT2D eigenvalue weighted by molar-refractivity contribution is 5.30. The van der Waals surface area contributed by atoms with E-state index in [0.717, 1.165) is 17.7 Å². The molecule has 1 aromatic heterocycles. The summed E-state index contributed by atoms with van der Waals surface area (Å²) >= 11 is 0. The van der Waals surface area contributed by atoms with Gasteiger partial charge in [-0.3, -0.25) is 4.68 Å². The Morgan fingerprint density at radius 3 is 2.48 bits per heavy atom. The highest BCUT2D eigenvalue weighted by Gasteiger charge is 2.27. The van der Waals surface area contributed by atoms with Crippen LogP contribution in [0.25, 0.3) is 0 Å². The maximum atomic E-state index is 9.49. The van der Waals surface area contributed by atoms with Crippen LogP contribution < -0.4 is 5.73 Å². The minimum atomic E-state index is -0.972. The highest BCUT2D eigenvalue weighted by Crippen LogP contribution is 2.23. The number of hydrogen-bond donors (Lipinski definition) is 1. The average molecular weight is 282 g/mol. The first-order valence-electron chi connectivity index (χ1n) is 7.30. The Morgan fingerprint density at radius 2 is 1.95 bits per heavy atom. The Labute approximate surface area is 126 Å². The summed E-state index contributed by atoms with van der Waals surface area (Å²) in [5, 5.41) is 14.1. The fourth-order valence-corrected chi connectivity index (χ4v) is 2.75. The van der Waals surface area contributed by atoms with Gasteiger partial charge in [-0.05, 0) is 31.4 Å². The van der Waals surface area contributed by atoms with Gasteiger partial charge in [0.1, 0.15) is 5.54 Å². The molecular weight excluding hydrogens is 260 g/mol. The number of nitrogens with zero attached hydrogens (tertiary/aromatic N) is 3. The van der Waals surface area contributed by atoms with Crippen molar-refractivity contribution in [3.05, 3.63) is 52.8 Å². The van der Waals surface area contributed by atoms with Crippen molar-refractivity contribution in [2.75, 3.05) is 0 Å². The van der Waals surface area contributed by atoms with Gasteiger partial charge in [-0.25, -0.2) is 0 Å². The van der Waals surface area contributed by atoms with Crippen molar-refractivity contribution < 1.29 is 0 Å². The molecule has 2 N–H and O–H groups in total. The number of aromatic nitrogens is 2. The van der Waals surface area contributed by atoms with Gasteiger partial charge in [0.25, 0.3) is 0 Å². The molecule has 2 rings (SSSR count). The van der Waals surface area contributed by atoms with E-state index in [0.29, 0.717) is 13.0 Å². The lowest BCUT2D eigenvalue weighted by atomic mass is 9.89. The van der Waals surface area contributed by atoms with E-state index in [1.165, 1.54) is 11.3 Å². The highest BCUT2D eigenvalue weighted by atomic mass is 15.3. The maximum absolute atomic E-state index is 9.49. The molecule has 4 nitrogen and oxygen atoms in total. The van der Waals surface area contributed by atoms with E-state index in [-0.39, 0.29) is 0 Å². The van der Waals surface area contributed by atoms with E-state index in [1.807, 2.05) is 41.9 Å². The van der Waals surface area contributed by atoms with Crippen LogP contribution in [0.5, 0.6) is 0 Å². The van der Waals surface area contributed by atoms with Crippen LogP contribution in [0.1, 0.15) is 35.9 Å². The molecule has 1 aromatic carbocycles. The SMILES string of the molecule is CCc1c(C)nn(CCC(N)(C#N)c2ccccc2)c1C. The second-order valence-electron chi connectivity index (χ2n) is 5.43. The molecule has 21 heavy (non-hydrogen) atoms. The fraction of sp³-hybridized carbons (Fsp3) is 0.412. The molecule has 0 amide bonds. The van der Waals surface area contributed by atoms with Crippen molar-refractivity contribution in [1.82, 2.24) is 9.78 Å². The molecule has 0 radical (unpaired) electrons. The summed E-state index contributed by atoms with van der Waals surface area (Å²) in [5.74, 6) is 0. The number of benzene rings is 1. The van der Waals surface area contributed by atoms with Crippen molar-refractivity contribution in [3.63, 3.8) is 0 Å². The Morgan fingerprint density at radius 1 is 1.29 bits per heavy atom. The quantitative estimate of drug-likeness (QED) is 0.917. The second-order valence-corrected chi connectivity index (χ2v) is 5.43. The van der Waals surface area contributed by atoms with E-state index >= 15 is 0 Å². The van der Waals surface area contributed by atoms with Crippen LogP contribution in [-0.2, 0) is 18.5 Å². The molecule has 0 aliphatic carbocycles. The molecule has 2 aromatic rings. The molecule has 1 atom stereocenters. The summed E-state index contributed by atoms with van der Waals surface area (Å²) in [6, 6.07) is 11.8. The molecule has 0 bridgehead atoms. The van der Waals surface area contributed by atoms with Crippen LogP contribution in [0.2, 0.25) is 0 Å². The molecule has 0 aliphatic heterocycles. The Kier molecular flexibility index (Phi) is 4.44. The topological polar surface area (TPSA) is 67.6 Å². The molecule has 1 unspecified atom stereocenters. The smallest absolute Gasteiger partial charge is 0.131 e. The van der Waals surface area contributed by atoms with Gasteiger partial charge in [-0.15, -0.1) is 0 Å². The minimum absolute atomic E-state index is 0.540. The van der Waals surface area contributed by atoms with Gasteiger partial charge in [0.05, 0.1) is 11.8 Å². The number of hydrogen-bond acceptors (Lipinski definition) is 3. The van der Waals surface area contributed by atoms with Gasteiger partial charge in [0.15, 0.2) is 0 Å². The van der Waals surface area contributed by atoms with Crippen LogP contribution in [0, 0.1) is 25.2 Å². The molecule has 0 aliphatic rings. The number of nitrogens with two attached hydrogens (primary N) is 1. The van der Waals surface area contributed by atoms with Gasteiger partial charge < -0.3 is 5.73 Å². The van der Waals surface area contributed by atoms with Crippen LogP contribution >= 0.6 is 0 Å². The van der Waals surface area contributed by atoms with Gasteiger partial charge in [-0.2, -0.15) is 10.4 Å². The minimum Gasteiger partial charge on any atom is -0.310 e. The maximum Gasteiger partial charge on any atom is 0.131 e. The Hall–Kier alpha value is -2.12. The summed E-state index contributed by atoms with van der Waals surface area (Å²) in [6.45, 7) is 6.88. The molecule has 1 heterocycles. The fourth-order valence-electron chi connectivity index (χ4n) is 2.75. The van der Waals surface area contributed by atoms with Crippen LogP contribution in [0.4, 0.5) is 0 Å². The predicted octanol–water partition coefficient (Wildman–Crippen LogP) is 2.83. The van der Waals surface area contributed by atoms with Crippen molar-refractivity contribution >= 4 is 0 Å². The van der Waals surface area contributed by atoms with Gasteiger partial charge in [0, 0.05) is 18.7 Å². The molecule has 0 spiro atoms. The zero-order chi connectivity index (χ0) is 15.5. The molecule has 0 fully saturated rings. The molecular formula is C17H22N4. The summed E-state index contributed by atoms with van der Waals surface area (Å²) < 4.78 is 1.97.